The number of ether oxygens (including phenoxy) is 4. The first-order chi connectivity index (χ1) is 16.5. The summed E-state index contributed by atoms with van der Waals surface area (Å²) in [6.07, 6.45) is 2.00. The highest BCUT2D eigenvalue weighted by Gasteiger charge is 2.11. The van der Waals surface area contributed by atoms with Crippen molar-refractivity contribution in [2.45, 2.75) is 26.7 Å². The lowest BCUT2D eigenvalue weighted by Crippen LogP contribution is -2.35. The minimum atomic E-state index is -0.714. The van der Waals surface area contributed by atoms with Crippen molar-refractivity contribution in [3.63, 3.8) is 0 Å². The Kier molecular flexibility index (Phi) is 11.8. The Morgan fingerprint density at radius 3 is 1.97 bits per heavy atom. The summed E-state index contributed by atoms with van der Waals surface area (Å²) in [5.74, 6) is 0.487. The molecule has 0 saturated carbocycles. The summed E-state index contributed by atoms with van der Waals surface area (Å²) >= 11 is 0. The number of rotatable bonds is 15. The van der Waals surface area contributed by atoms with Crippen LogP contribution in [0, 0.1) is 0 Å². The van der Waals surface area contributed by atoms with Crippen molar-refractivity contribution < 1.29 is 33.3 Å². The van der Waals surface area contributed by atoms with E-state index in [9.17, 15) is 14.4 Å². The average molecular weight is 473 g/mol. The van der Waals surface area contributed by atoms with Crippen molar-refractivity contribution in [1.82, 2.24) is 10.6 Å². The zero-order valence-corrected chi connectivity index (χ0v) is 19.6. The zero-order valence-electron chi connectivity index (χ0n) is 19.6. The summed E-state index contributed by atoms with van der Waals surface area (Å²) in [7, 11) is 0. The van der Waals surface area contributed by atoms with Crippen LogP contribution in [0.1, 0.15) is 37.0 Å². The van der Waals surface area contributed by atoms with Crippen LogP contribution in [0.4, 0.5) is 0 Å². The van der Waals surface area contributed by atoms with Gasteiger partial charge in [0.05, 0.1) is 19.8 Å². The van der Waals surface area contributed by atoms with E-state index in [1.807, 2.05) is 6.92 Å². The summed E-state index contributed by atoms with van der Waals surface area (Å²) in [6.45, 7) is 4.91. The average Bonchev–Trinajstić information content (AvgIpc) is 2.85. The third-order valence-corrected chi connectivity index (χ3v) is 4.47. The van der Waals surface area contributed by atoms with Gasteiger partial charge in [-0.05, 0) is 61.9 Å². The molecule has 9 nitrogen and oxygen atoms in total. The smallest absolute Gasteiger partial charge is 0.325 e. The first kappa shape index (κ1) is 26.5. The summed E-state index contributed by atoms with van der Waals surface area (Å²) in [5.41, 5.74) is 0.390. The predicted molar refractivity (Wildman–Crippen MR) is 126 cm³/mol. The molecule has 0 fully saturated rings. The molecule has 2 amide bonds. The molecular formula is C25H32N2O7. The van der Waals surface area contributed by atoms with Crippen molar-refractivity contribution in [1.29, 1.82) is 0 Å². The molecule has 9 heteroatoms. The normalized spacial score (nSPS) is 10.2. The standard InChI is InChI=1S/C25H32N2O7/c1-3-5-15-32-21-8-6-19(7-9-21)25(30)27-17-24(29)34-18-23(28)26-14-16-33-22-12-10-20(11-13-22)31-4-2/h6-13H,3-5,14-18H2,1-2H3,(H,26,28)(H,27,30). The number of unbranched alkanes of at least 4 members (excludes halogenated alkanes) is 1. The Morgan fingerprint density at radius 1 is 0.765 bits per heavy atom. The van der Waals surface area contributed by atoms with Gasteiger partial charge < -0.3 is 29.6 Å². The van der Waals surface area contributed by atoms with E-state index in [2.05, 4.69) is 17.6 Å². The van der Waals surface area contributed by atoms with Crippen LogP contribution in [0.15, 0.2) is 48.5 Å². The molecular weight excluding hydrogens is 440 g/mol. The molecule has 184 valence electrons. The molecule has 0 heterocycles. The molecule has 2 aromatic rings. The van der Waals surface area contributed by atoms with Gasteiger partial charge >= 0.3 is 5.97 Å². The van der Waals surface area contributed by atoms with Gasteiger partial charge in [0.25, 0.3) is 11.8 Å². The molecule has 0 aliphatic rings. The van der Waals surface area contributed by atoms with Crippen LogP contribution >= 0.6 is 0 Å². The van der Waals surface area contributed by atoms with Gasteiger partial charge in [0, 0.05) is 5.56 Å². The van der Waals surface area contributed by atoms with E-state index in [1.54, 1.807) is 48.5 Å². The fourth-order valence-corrected chi connectivity index (χ4v) is 2.70. The minimum absolute atomic E-state index is 0.248. The highest BCUT2D eigenvalue weighted by molar-refractivity contribution is 5.96. The van der Waals surface area contributed by atoms with E-state index in [0.717, 1.165) is 18.6 Å². The molecule has 0 aromatic heterocycles. The SMILES string of the molecule is CCCCOc1ccc(C(=O)NCC(=O)OCC(=O)NCCOc2ccc(OCC)cc2)cc1. The number of carbonyl (C=O) groups is 3. The molecule has 0 saturated heterocycles. The highest BCUT2D eigenvalue weighted by atomic mass is 16.5. The fraction of sp³-hybridized carbons (Fsp3) is 0.400. The summed E-state index contributed by atoms with van der Waals surface area (Å²) in [5, 5.41) is 5.05. The van der Waals surface area contributed by atoms with Crippen LogP contribution in [0.2, 0.25) is 0 Å². The zero-order chi connectivity index (χ0) is 24.6. The maximum absolute atomic E-state index is 12.1. The van der Waals surface area contributed by atoms with Crippen molar-refractivity contribution in [2.75, 3.05) is 39.5 Å². The number of hydrogen-bond acceptors (Lipinski definition) is 7. The maximum Gasteiger partial charge on any atom is 0.325 e. The first-order valence-electron chi connectivity index (χ1n) is 11.3. The number of benzene rings is 2. The van der Waals surface area contributed by atoms with E-state index in [-0.39, 0.29) is 19.7 Å². The number of carbonyl (C=O) groups excluding carboxylic acids is 3. The third-order valence-electron chi connectivity index (χ3n) is 4.47. The van der Waals surface area contributed by atoms with Gasteiger partial charge in [0.1, 0.15) is 30.4 Å². The van der Waals surface area contributed by atoms with Gasteiger partial charge in [-0.25, -0.2) is 0 Å². The number of amides is 2. The van der Waals surface area contributed by atoms with Gasteiger partial charge in [-0.3, -0.25) is 14.4 Å². The van der Waals surface area contributed by atoms with E-state index in [4.69, 9.17) is 18.9 Å². The monoisotopic (exact) mass is 472 g/mol. The number of hydrogen-bond donors (Lipinski definition) is 2. The number of esters is 1. The molecule has 2 aromatic carbocycles. The lowest BCUT2D eigenvalue weighted by Gasteiger charge is -2.10. The van der Waals surface area contributed by atoms with Crippen LogP contribution in [-0.2, 0) is 14.3 Å². The van der Waals surface area contributed by atoms with Crippen molar-refractivity contribution in [3.8, 4) is 17.2 Å². The Hall–Kier alpha value is -3.75. The lowest BCUT2D eigenvalue weighted by atomic mass is 10.2. The van der Waals surface area contributed by atoms with Crippen LogP contribution in [0.5, 0.6) is 17.2 Å². The molecule has 0 aliphatic carbocycles. The molecule has 0 radical (unpaired) electrons. The van der Waals surface area contributed by atoms with E-state index < -0.39 is 24.4 Å². The molecule has 0 aliphatic heterocycles. The molecule has 2 rings (SSSR count). The lowest BCUT2D eigenvalue weighted by molar-refractivity contribution is -0.147. The van der Waals surface area contributed by atoms with Crippen LogP contribution in [-0.4, -0.2) is 57.3 Å². The summed E-state index contributed by atoms with van der Waals surface area (Å²) in [4.78, 5) is 35.7. The fourth-order valence-electron chi connectivity index (χ4n) is 2.70. The molecule has 0 bridgehead atoms. The Bertz CT molecular complexity index is 898. The molecule has 34 heavy (non-hydrogen) atoms. The minimum Gasteiger partial charge on any atom is -0.494 e. The second-order valence-electron chi connectivity index (χ2n) is 7.17. The molecule has 0 unspecified atom stereocenters. The Balaban J connectivity index is 1.57. The summed E-state index contributed by atoms with van der Waals surface area (Å²) in [6, 6.07) is 13.8. The van der Waals surface area contributed by atoms with Gasteiger partial charge in [-0.15, -0.1) is 0 Å². The van der Waals surface area contributed by atoms with Crippen molar-refractivity contribution in [2.24, 2.45) is 0 Å². The van der Waals surface area contributed by atoms with E-state index in [0.29, 0.717) is 30.3 Å². The van der Waals surface area contributed by atoms with E-state index >= 15 is 0 Å². The quantitative estimate of drug-likeness (QED) is 0.303. The molecule has 2 N–H and O–H groups in total. The van der Waals surface area contributed by atoms with Gasteiger partial charge in [0.2, 0.25) is 0 Å². The second-order valence-corrected chi connectivity index (χ2v) is 7.17. The molecule has 0 spiro atoms. The Morgan fingerprint density at radius 2 is 1.35 bits per heavy atom. The van der Waals surface area contributed by atoms with E-state index in [1.165, 1.54) is 0 Å². The second kappa shape index (κ2) is 15.2. The highest BCUT2D eigenvalue weighted by Crippen LogP contribution is 2.17. The maximum atomic E-state index is 12.1. The largest absolute Gasteiger partial charge is 0.494 e. The first-order valence-corrected chi connectivity index (χ1v) is 11.3. The van der Waals surface area contributed by atoms with Gasteiger partial charge in [-0.2, -0.15) is 0 Å². The Labute approximate surface area is 199 Å². The van der Waals surface area contributed by atoms with Gasteiger partial charge in [0.15, 0.2) is 6.61 Å². The van der Waals surface area contributed by atoms with Crippen molar-refractivity contribution >= 4 is 17.8 Å². The number of nitrogens with one attached hydrogen (secondary N) is 2. The van der Waals surface area contributed by atoms with Gasteiger partial charge in [-0.1, -0.05) is 13.3 Å². The topological polar surface area (TPSA) is 112 Å². The third kappa shape index (κ3) is 10.2. The van der Waals surface area contributed by atoms with Crippen LogP contribution < -0.4 is 24.8 Å². The van der Waals surface area contributed by atoms with Crippen LogP contribution in [0.3, 0.4) is 0 Å². The predicted octanol–water partition coefficient (Wildman–Crippen LogP) is 2.73. The molecule has 0 atom stereocenters. The van der Waals surface area contributed by atoms with Crippen LogP contribution in [0.25, 0.3) is 0 Å². The van der Waals surface area contributed by atoms with Crippen molar-refractivity contribution in [3.05, 3.63) is 54.1 Å². The summed E-state index contributed by atoms with van der Waals surface area (Å²) < 4.78 is 21.3.